The summed E-state index contributed by atoms with van der Waals surface area (Å²) >= 11 is 0. The molecule has 2 aromatic rings. The minimum Gasteiger partial charge on any atom is -0.348 e. The minimum atomic E-state index is -0.345. The number of aromatic nitrogens is 1. The van der Waals surface area contributed by atoms with Crippen LogP contribution in [-0.2, 0) is 6.54 Å². The van der Waals surface area contributed by atoms with Crippen molar-refractivity contribution in [1.29, 1.82) is 5.26 Å². The SMILES string of the molecule is N#Cc1cc(C(=O)NCc2cccc(F)c2)ccn1. The number of pyridine rings is 1. The average molecular weight is 255 g/mol. The van der Waals surface area contributed by atoms with Gasteiger partial charge in [-0.2, -0.15) is 5.26 Å². The van der Waals surface area contributed by atoms with E-state index in [1.165, 1.54) is 30.5 Å². The van der Waals surface area contributed by atoms with E-state index in [1.807, 2.05) is 6.07 Å². The lowest BCUT2D eigenvalue weighted by Crippen LogP contribution is -2.23. The minimum absolute atomic E-state index is 0.179. The predicted octanol–water partition coefficient (Wildman–Crippen LogP) is 2.02. The molecule has 94 valence electrons. The van der Waals surface area contributed by atoms with Gasteiger partial charge in [0.05, 0.1) is 0 Å². The second-order valence-corrected chi connectivity index (χ2v) is 3.85. The van der Waals surface area contributed by atoms with Crippen LogP contribution in [0.15, 0.2) is 42.6 Å². The van der Waals surface area contributed by atoms with E-state index in [-0.39, 0.29) is 24.0 Å². The monoisotopic (exact) mass is 255 g/mol. The van der Waals surface area contributed by atoms with E-state index in [0.29, 0.717) is 11.1 Å². The quantitative estimate of drug-likeness (QED) is 0.912. The average Bonchev–Trinajstić information content (AvgIpc) is 2.45. The summed E-state index contributed by atoms with van der Waals surface area (Å²) < 4.78 is 13.0. The molecule has 19 heavy (non-hydrogen) atoms. The molecule has 2 rings (SSSR count). The van der Waals surface area contributed by atoms with Gasteiger partial charge in [0.15, 0.2) is 0 Å². The van der Waals surface area contributed by atoms with Gasteiger partial charge < -0.3 is 5.32 Å². The van der Waals surface area contributed by atoms with E-state index in [4.69, 9.17) is 5.26 Å². The molecule has 0 aliphatic carbocycles. The summed E-state index contributed by atoms with van der Waals surface area (Å²) in [5.74, 6) is -0.675. The Balaban J connectivity index is 2.03. The molecule has 0 bridgehead atoms. The van der Waals surface area contributed by atoms with Gasteiger partial charge in [-0.3, -0.25) is 4.79 Å². The third-order valence-electron chi connectivity index (χ3n) is 2.48. The molecule has 1 aromatic heterocycles. The number of nitrogens with one attached hydrogen (secondary N) is 1. The zero-order valence-corrected chi connectivity index (χ0v) is 9.93. The summed E-state index contributed by atoms with van der Waals surface area (Å²) in [5.41, 5.74) is 1.20. The van der Waals surface area contributed by atoms with Gasteiger partial charge in [-0.15, -0.1) is 0 Å². The van der Waals surface area contributed by atoms with Gasteiger partial charge in [0.2, 0.25) is 0 Å². The van der Waals surface area contributed by atoms with Crippen LogP contribution in [0, 0.1) is 17.1 Å². The number of nitrogens with zero attached hydrogens (tertiary/aromatic N) is 2. The van der Waals surface area contributed by atoms with Gasteiger partial charge in [-0.1, -0.05) is 12.1 Å². The summed E-state index contributed by atoms with van der Waals surface area (Å²) in [5, 5.41) is 11.3. The molecular formula is C14H10FN3O. The highest BCUT2D eigenvalue weighted by atomic mass is 19.1. The predicted molar refractivity (Wildman–Crippen MR) is 66.5 cm³/mol. The second kappa shape index (κ2) is 5.74. The van der Waals surface area contributed by atoms with Crippen LogP contribution in [0.3, 0.4) is 0 Å². The molecule has 0 spiro atoms. The molecule has 0 saturated heterocycles. The fraction of sp³-hybridized carbons (Fsp3) is 0.0714. The van der Waals surface area contributed by atoms with Crippen LogP contribution in [0.1, 0.15) is 21.6 Å². The van der Waals surface area contributed by atoms with Crippen LogP contribution in [-0.4, -0.2) is 10.9 Å². The first-order chi connectivity index (χ1) is 9.19. The lowest BCUT2D eigenvalue weighted by atomic mass is 10.2. The van der Waals surface area contributed by atoms with Crippen molar-refractivity contribution in [2.24, 2.45) is 0 Å². The first-order valence-electron chi connectivity index (χ1n) is 5.58. The summed E-state index contributed by atoms with van der Waals surface area (Å²) in [7, 11) is 0. The Labute approximate surface area is 109 Å². The normalized spacial score (nSPS) is 9.68. The summed E-state index contributed by atoms with van der Waals surface area (Å²) in [4.78, 5) is 15.6. The van der Waals surface area contributed by atoms with Crippen molar-refractivity contribution in [1.82, 2.24) is 10.3 Å². The third kappa shape index (κ3) is 3.36. The van der Waals surface area contributed by atoms with Gasteiger partial charge in [0.1, 0.15) is 17.6 Å². The largest absolute Gasteiger partial charge is 0.348 e. The number of amides is 1. The van der Waals surface area contributed by atoms with Crippen molar-refractivity contribution >= 4 is 5.91 Å². The van der Waals surface area contributed by atoms with E-state index < -0.39 is 0 Å². The maximum atomic E-state index is 13.0. The number of benzene rings is 1. The van der Waals surface area contributed by atoms with Crippen molar-refractivity contribution < 1.29 is 9.18 Å². The van der Waals surface area contributed by atoms with E-state index in [0.717, 1.165) is 0 Å². The number of nitriles is 1. The Bertz CT molecular complexity index is 649. The number of carbonyl (C=O) groups is 1. The lowest BCUT2D eigenvalue weighted by Gasteiger charge is -2.05. The van der Waals surface area contributed by atoms with Crippen LogP contribution in [0.2, 0.25) is 0 Å². The zero-order valence-electron chi connectivity index (χ0n) is 9.93. The van der Waals surface area contributed by atoms with Gasteiger partial charge in [-0.25, -0.2) is 9.37 Å². The fourth-order valence-corrected chi connectivity index (χ4v) is 1.56. The van der Waals surface area contributed by atoms with Crippen LogP contribution in [0.25, 0.3) is 0 Å². The Kier molecular flexibility index (Phi) is 3.84. The molecule has 4 nitrogen and oxygen atoms in total. The van der Waals surface area contributed by atoms with Gasteiger partial charge in [0, 0.05) is 18.3 Å². The molecule has 1 amide bonds. The molecule has 0 unspecified atom stereocenters. The molecule has 1 heterocycles. The Morgan fingerprint density at radius 2 is 2.21 bits per heavy atom. The highest BCUT2D eigenvalue weighted by Gasteiger charge is 2.06. The molecule has 0 radical (unpaired) electrons. The van der Waals surface area contributed by atoms with E-state index in [2.05, 4.69) is 10.3 Å². The number of halogens is 1. The van der Waals surface area contributed by atoms with Crippen molar-refractivity contribution in [3.8, 4) is 6.07 Å². The van der Waals surface area contributed by atoms with E-state index >= 15 is 0 Å². The molecule has 5 heteroatoms. The Morgan fingerprint density at radius 1 is 1.37 bits per heavy atom. The maximum absolute atomic E-state index is 13.0. The fourth-order valence-electron chi connectivity index (χ4n) is 1.56. The Morgan fingerprint density at radius 3 is 2.95 bits per heavy atom. The number of hydrogen-bond acceptors (Lipinski definition) is 3. The number of rotatable bonds is 3. The Hall–Kier alpha value is -2.74. The smallest absolute Gasteiger partial charge is 0.251 e. The second-order valence-electron chi connectivity index (χ2n) is 3.85. The van der Waals surface area contributed by atoms with Crippen LogP contribution < -0.4 is 5.32 Å². The lowest BCUT2D eigenvalue weighted by molar-refractivity contribution is 0.0950. The molecule has 1 aromatic carbocycles. The summed E-state index contributed by atoms with van der Waals surface area (Å²) in [6.07, 6.45) is 1.40. The van der Waals surface area contributed by atoms with Crippen LogP contribution in [0.5, 0.6) is 0 Å². The molecule has 1 N–H and O–H groups in total. The summed E-state index contributed by atoms with van der Waals surface area (Å²) in [6.45, 7) is 0.223. The topological polar surface area (TPSA) is 65.8 Å². The molecule has 0 atom stereocenters. The van der Waals surface area contributed by atoms with Gasteiger partial charge in [-0.05, 0) is 29.8 Å². The molecule has 0 aliphatic heterocycles. The number of carbonyl (C=O) groups excluding carboxylic acids is 1. The standard InChI is InChI=1S/C14H10FN3O/c15-12-3-1-2-10(6-12)9-18-14(19)11-4-5-17-13(7-11)8-16/h1-7H,9H2,(H,18,19). The first kappa shape index (κ1) is 12.7. The van der Waals surface area contributed by atoms with Crippen LogP contribution in [0.4, 0.5) is 4.39 Å². The van der Waals surface area contributed by atoms with Gasteiger partial charge in [0.25, 0.3) is 5.91 Å². The number of hydrogen-bond donors (Lipinski definition) is 1. The van der Waals surface area contributed by atoms with Crippen molar-refractivity contribution in [3.63, 3.8) is 0 Å². The van der Waals surface area contributed by atoms with Crippen molar-refractivity contribution in [3.05, 3.63) is 65.2 Å². The highest BCUT2D eigenvalue weighted by Crippen LogP contribution is 2.05. The molecule has 0 fully saturated rings. The third-order valence-corrected chi connectivity index (χ3v) is 2.48. The molecular weight excluding hydrogens is 245 g/mol. The van der Waals surface area contributed by atoms with Crippen LogP contribution >= 0.6 is 0 Å². The van der Waals surface area contributed by atoms with E-state index in [9.17, 15) is 9.18 Å². The van der Waals surface area contributed by atoms with Gasteiger partial charge >= 0.3 is 0 Å². The van der Waals surface area contributed by atoms with Crippen molar-refractivity contribution in [2.75, 3.05) is 0 Å². The zero-order chi connectivity index (χ0) is 13.7. The maximum Gasteiger partial charge on any atom is 0.251 e. The van der Waals surface area contributed by atoms with E-state index in [1.54, 1.807) is 12.1 Å². The first-order valence-corrected chi connectivity index (χ1v) is 5.58. The molecule has 0 saturated carbocycles. The highest BCUT2D eigenvalue weighted by molar-refractivity contribution is 5.94. The summed E-state index contributed by atoms with van der Waals surface area (Å²) in [6, 6.07) is 10.8. The van der Waals surface area contributed by atoms with Crippen molar-refractivity contribution in [2.45, 2.75) is 6.54 Å². The molecule has 0 aliphatic rings.